The Kier molecular flexibility index (Phi) is 5.69. The van der Waals surface area contributed by atoms with E-state index in [9.17, 15) is 4.79 Å². The second-order valence-electron chi connectivity index (χ2n) is 4.70. The first-order valence-corrected chi connectivity index (χ1v) is 6.52. The highest BCUT2D eigenvalue weighted by Gasteiger charge is 2.08. The number of benzene rings is 1. The molecule has 0 saturated heterocycles. The van der Waals surface area contributed by atoms with Gasteiger partial charge in [0, 0.05) is 6.42 Å². The number of aryl methyl sites for hydroxylation is 1. The van der Waals surface area contributed by atoms with Gasteiger partial charge in [-0.05, 0) is 42.9 Å². The van der Waals surface area contributed by atoms with Crippen molar-refractivity contribution in [3.05, 3.63) is 29.3 Å². The first-order valence-electron chi connectivity index (χ1n) is 6.52. The zero-order valence-corrected chi connectivity index (χ0v) is 11.4. The highest BCUT2D eigenvalue weighted by atomic mass is 16.5. The van der Waals surface area contributed by atoms with E-state index in [0.717, 1.165) is 17.7 Å². The van der Waals surface area contributed by atoms with Crippen LogP contribution < -0.4 is 4.74 Å². The summed E-state index contributed by atoms with van der Waals surface area (Å²) in [6.45, 7) is 6.89. The van der Waals surface area contributed by atoms with Crippen LogP contribution in [0, 0.1) is 0 Å². The number of hydrogen-bond acceptors (Lipinski definition) is 2. The van der Waals surface area contributed by atoms with Gasteiger partial charge in [-0.3, -0.25) is 4.79 Å². The minimum absolute atomic E-state index is 0.206. The van der Waals surface area contributed by atoms with E-state index in [1.54, 1.807) is 0 Å². The van der Waals surface area contributed by atoms with Gasteiger partial charge in [0.1, 0.15) is 5.75 Å². The zero-order valence-electron chi connectivity index (χ0n) is 11.4. The molecule has 0 amide bonds. The van der Waals surface area contributed by atoms with Crippen molar-refractivity contribution in [2.75, 3.05) is 6.61 Å². The van der Waals surface area contributed by atoms with Crippen molar-refractivity contribution >= 4 is 5.97 Å². The van der Waals surface area contributed by atoms with E-state index in [1.165, 1.54) is 5.56 Å². The molecule has 0 bridgehead atoms. The maximum atomic E-state index is 10.5. The van der Waals surface area contributed by atoms with Gasteiger partial charge in [-0.2, -0.15) is 0 Å². The smallest absolute Gasteiger partial charge is 0.303 e. The fourth-order valence-corrected chi connectivity index (χ4v) is 1.88. The minimum atomic E-state index is -0.743. The molecule has 3 nitrogen and oxygen atoms in total. The molecule has 0 radical (unpaired) electrons. The molecule has 0 atom stereocenters. The van der Waals surface area contributed by atoms with E-state index in [1.807, 2.05) is 13.0 Å². The summed E-state index contributed by atoms with van der Waals surface area (Å²) in [6.07, 6.45) is 1.61. The van der Waals surface area contributed by atoms with Gasteiger partial charge < -0.3 is 9.84 Å². The number of carboxylic acids is 1. The van der Waals surface area contributed by atoms with Crippen molar-refractivity contribution < 1.29 is 14.6 Å². The average Bonchev–Trinajstić information content (AvgIpc) is 2.30. The molecule has 18 heavy (non-hydrogen) atoms. The lowest BCUT2D eigenvalue weighted by Gasteiger charge is -2.13. The van der Waals surface area contributed by atoms with Crippen LogP contribution in [0.5, 0.6) is 5.75 Å². The van der Waals surface area contributed by atoms with Crippen LogP contribution in [-0.4, -0.2) is 17.7 Å². The molecule has 0 unspecified atom stereocenters. The molecule has 0 aliphatic rings. The molecule has 1 N–H and O–H groups in total. The van der Waals surface area contributed by atoms with E-state index >= 15 is 0 Å². The van der Waals surface area contributed by atoms with Crippen molar-refractivity contribution in [2.24, 2.45) is 0 Å². The van der Waals surface area contributed by atoms with E-state index in [4.69, 9.17) is 9.84 Å². The van der Waals surface area contributed by atoms with Crippen molar-refractivity contribution in [1.82, 2.24) is 0 Å². The lowest BCUT2D eigenvalue weighted by Crippen LogP contribution is -2.01. The molecule has 0 spiro atoms. The minimum Gasteiger partial charge on any atom is -0.494 e. The molecule has 0 saturated carbocycles. The number of aliphatic carboxylic acids is 1. The van der Waals surface area contributed by atoms with Crippen molar-refractivity contribution in [3.8, 4) is 5.75 Å². The second kappa shape index (κ2) is 7.04. The highest BCUT2D eigenvalue weighted by Crippen LogP contribution is 2.25. The summed E-state index contributed by atoms with van der Waals surface area (Å²) in [5.41, 5.74) is 2.38. The van der Waals surface area contributed by atoms with Gasteiger partial charge in [0.2, 0.25) is 0 Å². The molecule has 1 rings (SSSR count). The molecule has 3 heteroatoms. The number of ether oxygens (including phenoxy) is 1. The van der Waals surface area contributed by atoms with Crippen LogP contribution in [0.4, 0.5) is 0 Å². The lowest BCUT2D eigenvalue weighted by molar-refractivity contribution is -0.137. The standard InChI is InChI=1S/C15H22O3/c1-4-18-14-9-8-12(11(2)3)10-13(14)6-5-7-15(16)17/h8-11H,4-7H2,1-3H3,(H,16,17). The third-order valence-corrected chi connectivity index (χ3v) is 2.89. The summed E-state index contributed by atoms with van der Waals surface area (Å²) in [5, 5.41) is 8.68. The Morgan fingerprint density at radius 2 is 2.11 bits per heavy atom. The molecule has 0 aliphatic heterocycles. The Balaban J connectivity index is 2.82. The van der Waals surface area contributed by atoms with Crippen LogP contribution >= 0.6 is 0 Å². The summed E-state index contributed by atoms with van der Waals surface area (Å²) in [6, 6.07) is 6.21. The molecule has 0 heterocycles. The second-order valence-corrected chi connectivity index (χ2v) is 4.70. The van der Waals surface area contributed by atoms with Crippen molar-refractivity contribution in [2.45, 2.75) is 46.0 Å². The molecular formula is C15H22O3. The van der Waals surface area contributed by atoms with Crippen LogP contribution in [0.15, 0.2) is 18.2 Å². The van der Waals surface area contributed by atoms with Gasteiger partial charge in [0.05, 0.1) is 6.61 Å². The predicted octanol–water partition coefficient (Wildman–Crippen LogP) is 3.62. The van der Waals surface area contributed by atoms with Crippen LogP contribution in [0.2, 0.25) is 0 Å². The van der Waals surface area contributed by atoms with Gasteiger partial charge >= 0.3 is 5.97 Å². The van der Waals surface area contributed by atoms with Gasteiger partial charge in [0.15, 0.2) is 0 Å². The van der Waals surface area contributed by atoms with Crippen LogP contribution in [0.3, 0.4) is 0 Å². The van der Waals surface area contributed by atoms with E-state index < -0.39 is 5.97 Å². The number of carbonyl (C=O) groups is 1. The molecule has 1 aromatic rings. The van der Waals surface area contributed by atoms with E-state index in [-0.39, 0.29) is 6.42 Å². The monoisotopic (exact) mass is 250 g/mol. The molecule has 0 fully saturated rings. The largest absolute Gasteiger partial charge is 0.494 e. The maximum absolute atomic E-state index is 10.5. The van der Waals surface area contributed by atoms with Crippen molar-refractivity contribution in [3.63, 3.8) is 0 Å². The fraction of sp³-hybridized carbons (Fsp3) is 0.533. The maximum Gasteiger partial charge on any atom is 0.303 e. The number of hydrogen-bond donors (Lipinski definition) is 1. The summed E-state index contributed by atoms with van der Waals surface area (Å²) >= 11 is 0. The quantitative estimate of drug-likeness (QED) is 0.804. The summed E-state index contributed by atoms with van der Waals surface area (Å²) in [5.74, 6) is 0.610. The Morgan fingerprint density at radius 3 is 2.67 bits per heavy atom. The Bertz CT molecular complexity index is 397. The van der Waals surface area contributed by atoms with Crippen LogP contribution in [0.1, 0.15) is 50.7 Å². The Morgan fingerprint density at radius 1 is 1.39 bits per heavy atom. The zero-order chi connectivity index (χ0) is 13.5. The third kappa shape index (κ3) is 4.40. The van der Waals surface area contributed by atoms with E-state index in [2.05, 4.69) is 26.0 Å². The molecular weight excluding hydrogens is 228 g/mol. The summed E-state index contributed by atoms with van der Waals surface area (Å²) < 4.78 is 5.58. The Labute approximate surface area is 109 Å². The number of rotatable bonds is 7. The lowest BCUT2D eigenvalue weighted by atomic mass is 9.98. The SMILES string of the molecule is CCOc1ccc(C(C)C)cc1CCCC(=O)O. The van der Waals surface area contributed by atoms with Gasteiger partial charge in [-0.25, -0.2) is 0 Å². The Hall–Kier alpha value is -1.51. The summed E-state index contributed by atoms with van der Waals surface area (Å²) in [7, 11) is 0. The average molecular weight is 250 g/mol. The normalized spacial score (nSPS) is 10.7. The van der Waals surface area contributed by atoms with Gasteiger partial charge in [-0.15, -0.1) is 0 Å². The highest BCUT2D eigenvalue weighted by molar-refractivity contribution is 5.66. The molecule has 0 aliphatic carbocycles. The van der Waals surface area contributed by atoms with E-state index in [0.29, 0.717) is 18.9 Å². The molecule has 0 aromatic heterocycles. The third-order valence-electron chi connectivity index (χ3n) is 2.89. The first kappa shape index (κ1) is 14.6. The molecule has 100 valence electrons. The fourth-order valence-electron chi connectivity index (χ4n) is 1.88. The van der Waals surface area contributed by atoms with Crippen LogP contribution in [0.25, 0.3) is 0 Å². The predicted molar refractivity (Wildman–Crippen MR) is 72.3 cm³/mol. The number of carboxylic acid groups (broad SMARTS) is 1. The van der Waals surface area contributed by atoms with Crippen LogP contribution in [-0.2, 0) is 11.2 Å². The summed E-state index contributed by atoms with van der Waals surface area (Å²) in [4.78, 5) is 10.5. The first-order chi connectivity index (χ1) is 8.54. The topological polar surface area (TPSA) is 46.5 Å². The van der Waals surface area contributed by atoms with Crippen molar-refractivity contribution in [1.29, 1.82) is 0 Å². The molecule has 1 aromatic carbocycles. The van der Waals surface area contributed by atoms with Gasteiger partial charge in [0.25, 0.3) is 0 Å². The van der Waals surface area contributed by atoms with Gasteiger partial charge in [-0.1, -0.05) is 26.0 Å².